The molecule has 0 aliphatic heterocycles. The Morgan fingerprint density at radius 3 is 2.00 bits per heavy atom. The molecule has 3 unspecified atom stereocenters. The minimum absolute atomic E-state index is 0.0831. The van der Waals surface area contributed by atoms with Gasteiger partial charge in [0, 0.05) is 6.54 Å². The van der Waals surface area contributed by atoms with Crippen molar-refractivity contribution in [3.63, 3.8) is 0 Å². The summed E-state index contributed by atoms with van der Waals surface area (Å²) < 4.78 is 0. The van der Waals surface area contributed by atoms with Crippen LogP contribution in [0.25, 0.3) is 0 Å². The van der Waals surface area contributed by atoms with Crippen LogP contribution >= 0.6 is 0 Å². The Hall–Kier alpha value is -1.67. The number of likely N-dealkylation sites (N-methyl/N-ethyl adjacent to an activating group) is 2. The van der Waals surface area contributed by atoms with Crippen LogP contribution in [0.4, 0.5) is 0 Å². The Balaban J connectivity index is 4.75. The second kappa shape index (κ2) is 9.37. The molecule has 0 fully saturated rings. The van der Waals surface area contributed by atoms with E-state index in [2.05, 4.69) is 16.1 Å². The zero-order valence-corrected chi connectivity index (χ0v) is 14.1. The number of hydrazine groups is 1. The Morgan fingerprint density at radius 2 is 1.64 bits per heavy atom. The van der Waals surface area contributed by atoms with Crippen molar-refractivity contribution in [2.75, 3.05) is 13.6 Å². The van der Waals surface area contributed by atoms with Crippen molar-refractivity contribution in [3.8, 4) is 0 Å². The molecule has 0 aromatic heterocycles. The van der Waals surface area contributed by atoms with Gasteiger partial charge in [0.1, 0.15) is 12.1 Å². The lowest BCUT2D eigenvalue weighted by Gasteiger charge is -2.28. The van der Waals surface area contributed by atoms with Gasteiger partial charge >= 0.3 is 5.97 Å². The maximum atomic E-state index is 12.3. The SMILES string of the molecule is CCN(NC(C)C(=O)O)C(=O)C(C)NC(=O)C(NC)C(C)C. The van der Waals surface area contributed by atoms with Crippen molar-refractivity contribution in [2.45, 2.75) is 52.7 Å². The van der Waals surface area contributed by atoms with Gasteiger partial charge in [-0.05, 0) is 33.7 Å². The number of aliphatic carboxylic acids is 1. The molecule has 0 radical (unpaired) electrons. The van der Waals surface area contributed by atoms with Crippen molar-refractivity contribution in [2.24, 2.45) is 5.92 Å². The Labute approximate surface area is 131 Å². The van der Waals surface area contributed by atoms with Gasteiger partial charge in [0.25, 0.3) is 5.91 Å². The largest absolute Gasteiger partial charge is 0.480 e. The molecular formula is C14H28N4O4. The molecule has 0 aromatic rings. The monoisotopic (exact) mass is 316 g/mol. The fourth-order valence-corrected chi connectivity index (χ4v) is 1.97. The molecular weight excluding hydrogens is 288 g/mol. The van der Waals surface area contributed by atoms with Crippen LogP contribution in [0.3, 0.4) is 0 Å². The number of carboxylic acids is 1. The lowest BCUT2D eigenvalue weighted by Crippen LogP contribution is -2.57. The van der Waals surface area contributed by atoms with Gasteiger partial charge in [-0.3, -0.25) is 19.4 Å². The highest BCUT2D eigenvalue weighted by molar-refractivity contribution is 5.89. The summed E-state index contributed by atoms with van der Waals surface area (Å²) in [6, 6.07) is -2.04. The second-order valence-electron chi connectivity index (χ2n) is 5.51. The van der Waals surface area contributed by atoms with Crippen LogP contribution in [0.5, 0.6) is 0 Å². The smallest absolute Gasteiger partial charge is 0.322 e. The molecule has 0 bridgehead atoms. The molecule has 0 rings (SSSR count). The fraction of sp³-hybridized carbons (Fsp3) is 0.786. The zero-order valence-electron chi connectivity index (χ0n) is 14.1. The van der Waals surface area contributed by atoms with Crippen molar-refractivity contribution >= 4 is 17.8 Å². The van der Waals surface area contributed by atoms with E-state index in [1.807, 2.05) is 13.8 Å². The van der Waals surface area contributed by atoms with Crippen LogP contribution in [-0.4, -0.2) is 59.6 Å². The summed E-state index contributed by atoms with van der Waals surface area (Å²) in [5.74, 6) is -1.62. The summed E-state index contributed by atoms with van der Waals surface area (Å²) in [6.07, 6.45) is 0. The minimum atomic E-state index is -1.06. The van der Waals surface area contributed by atoms with Gasteiger partial charge in [-0.15, -0.1) is 0 Å². The van der Waals surface area contributed by atoms with Gasteiger partial charge in [-0.1, -0.05) is 13.8 Å². The van der Waals surface area contributed by atoms with Crippen molar-refractivity contribution in [3.05, 3.63) is 0 Å². The van der Waals surface area contributed by atoms with Crippen LogP contribution in [0.2, 0.25) is 0 Å². The third kappa shape index (κ3) is 5.98. The Bertz CT molecular complexity index is 400. The molecule has 128 valence electrons. The van der Waals surface area contributed by atoms with E-state index in [-0.39, 0.29) is 24.3 Å². The third-order valence-corrected chi connectivity index (χ3v) is 3.29. The highest BCUT2D eigenvalue weighted by Gasteiger charge is 2.27. The zero-order chi connectivity index (χ0) is 17.4. The summed E-state index contributed by atoms with van der Waals surface area (Å²) in [4.78, 5) is 35.2. The van der Waals surface area contributed by atoms with Crippen LogP contribution < -0.4 is 16.1 Å². The Morgan fingerprint density at radius 1 is 1.09 bits per heavy atom. The normalized spacial score (nSPS) is 15.0. The standard InChI is InChI=1S/C14H28N4O4/c1-7-18(17-10(5)14(21)22)13(20)9(4)16-12(19)11(15-6)8(2)3/h8-11,15,17H,7H2,1-6H3,(H,16,19)(H,21,22). The molecule has 0 aliphatic rings. The third-order valence-electron chi connectivity index (χ3n) is 3.29. The first kappa shape index (κ1) is 20.3. The number of rotatable bonds is 9. The predicted octanol–water partition coefficient (Wildman–Crippen LogP) is -0.439. The maximum Gasteiger partial charge on any atom is 0.322 e. The molecule has 0 saturated heterocycles. The van der Waals surface area contributed by atoms with E-state index in [4.69, 9.17) is 5.11 Å². The molecule has 0 saturated carbocycles. The number of hydrogen-bond donors (Lipinski definition) is 4. The van der Waals surface area contributed by atoms with E-state index in [1.54, 1.807) is 20.9 Å². The van der Waals surface area contributed by atoms with Crippen LogP contribution in [0, 0.1) is 5.92 Å². The highest BCUT2D eigenvalue weighted by atomic mass is 16.4. The minimum Gasteiger partial charge on any atom is -0.480 e. The topological polar surface area (TPSA) is 111 Å². The van der Waals surface area contributed by atoms with E-state index in [0.717, 1.165) is 0 Å². The quantitative estimate of drug-likeness (QED) is 0.429. The average molecular weight is 316 g/mol. The molecule has 3 atom stereocenters. The van der Waals surface area contributed by atoms with Gasteiger partial charge in [0.05, 0.1) is 6.04 Å². The predicted molar refractivity (Wildman–Crippen MR) is 82.9 cm³/mol. The van der Waals surface area contributed by atoms with Crippen molar-refractivity contribution < 1.29 is 19.5 Å². The summed E-state index contributed by atoms with van der Waals surface area (Å²) in [7, 11) is 1.69. The fourth-order valence-electron chi connectivity index (χ4n) is 1.97. The van der Waals surface area contributed by atoms with Crippen molar-refractivity contribution in [1.82, 2.24) is 21.1 Å². The first-order chi connectivity index (χ1) is 10.1. The number of nitrogens with one attached hydrogen (secondary N) is 3. The van der Waals surface area contributed by atoms with Crippen LogP contribution in [-0.2, 0) is 14.4 Å². The van der Waals surface area contributed by atoms with Gasteiger partial charge in [0.2, 0.25) is 5.91 Å². The molecule has 2 amide bonds. The lowest BCUT2D eigenvalue weighted by molar-refractivity contribution is -0.145. The van der Waals surface area contributed by atoms with Crippen molar-refractivity contribution in [1.29, 1.82) is 0 Å². The number of nitrogens with zero attached hydrogens (tertiary/aromatic N) is 1. The number of carbonyl (C=O) groups excluding carboxylic acids is 2. The number of amides is 2. The molecule has 22 heavy (non-hydrogen) atoms. The molecule has 0 spiro atoms. The molecule has 4 N–H and O–H groups in total. The summed E-state index contributed by atoms with van der Waals surface area (Å²) in [5, 5.41) is 15.6. The second-order valence-corrected chi connectivity index (χ2v) is 5.51. The Kier molecular flexibility index (Phi) is 8.66. The van der Waals surface area contributed by atoms with E-state index < -0.39 is 24.1 Å². The molecule has 8 heteroatoms. The molecule has 0 aromatic carbocycles. The van der Waals surface area contributed by atoms with E-state index >= 15 is 0 Å². The lowest BCUT2D eigenvalue weighted by atomic mass is 10.0. The first-order valence-electron chi connectivity index (χ1n) is 7.43. The maximum absolute atomic E-state index is 12.3. The van der Waals surface area contributed by atoms with Gasteiger partial charge in [-0.2, -0.15) is 0 Å². The van der Waals surface area contributed by atoms with Crippen LogP contribution in [0.1, 0.15) is 34.6 Å². The number of carbonyl (C=O) groups is 3. The first-order valence-corrected chi connectivity index (χ1v) is 7.43. The van der Waals surface area contributed by atoms with Gasteiger partial charge in [-0.25, -0.2) is 5.43 Å². The van der Waals surface area contributed by atoms with Gasteiger partial charge in [0.15, 0.2) is 0 Å². The summed E-state index contributed by atoms with van der Waals surface area (Å²) >= 11 is 0. The summed E-state index contributed by atoms with van der Waals surface area (Å²) in [6.45, 7) is 8.83. The average Bonchev–Trinajstić information content (AvgIpc) is 2.43. The van der Waals surface area contributed by atoms with Gasteiger partial charge < -0.3 is 15.7 Å². The molecule has 0 heterocycles. The van der Waals surface area contributed by atoms with Crippen LogP contribution in [0.15, 0.2) is 0 Å². The van der Waals surface area contributed by atoms with E-state index in [0.29, 0.717) is 0 Å². The van der Waals surface area contributed by atoms with E-state index in [9.17, 15) is 14.4 Å². The molecule has 8 nitrogen and oxygen atoms in total. The van der Waals surface area contributed by atoms with E-state index in [1.165, 1.54) is 11.9 Å². The molecule has 0 aliphatic carbocycles. The number of carboxylic acid groups (broad SMARTS) is 1. The highest BCUT2D eigenvalue weighted by Crippen LogP contribution is 2.02. The number of hydrogen-bond acceptors (Lipinski definition) is 5. The summed E-state index contributed by atoms with van der Waals surface area (Å²) in [5.41, 5.74) is 2.60.